The second-order valence-corrected chi connectivity index (χ2v) is 19.3. The van der Waals surface area contributed by atoms with E-state index in [0.29, 0.717) is 12.8 Å². The van der Waals surface area contributed by atoms with Crippen LogP contribution in [0.1, 0.15) is 239 Å². The number of unbranched alkanes of at least 4 members (excludes halogenated alkanes) is 32. The van der Waals surface area contributed by atoms with Crippen LogP contribution in [0.25, 0.3) is 0 Å². The van der Waals surface area contributed by atoms with Crippen molar-refractivity contribution in [2.45, 2.75) is 245 Å². The summed E-state index contributed by atoms with van der Waals surface area (Å²) in [6, 6.07) is 0. The van der Waals surface area contributed by atoms with E-state index in [4.69, 9.17) is 0 Å². The molecule has 0 aliphatic rings. The topological polar surface area (TPSA) is 130 Å². The van der Waals surface area contributed by atoms with Gasteiger partial charge < -0.3 is 5.11 Å². The molecule has 0 radical (unpaired) electrons. The van der Waals surface area contributed by atoms with Crippen LogP contribution in [0.2, 0.25) is 0 Å². The molecule has 0 atom stereocenters. The molecule has 0 saturated carbocycles. The molecular formula is C41H84N2O6S2. The quantitative estimate of drug-likeness (QED) is 0.0420. The van der Waals surface area contributed by atoms with Gasteiger partial charge in [-0.15, -0.1) is 0 Å². The molecule has 10 heteroatoms. The van der Waals surface area contributed by atoms with Crippen molar-refractivity contribution in [1.29, 1.82) is 0 Å². The van der Waals surface area contributed by atoms with Gasteiger partial charge in [0.05, 0.1) is 11.5 Å². The normalized spacial score (nSPS) is 12.5. The predicted molar refractivity (Wildman–Crippen MR) is 218 cm³/mol. The molecule has 306 valence electrons. The Bertz CT molecular complexity index is 934. The van der Waals surface area contributed by atoms with Crippen LogP contribution in [0.4, 0.5) is 0 Å². The third-order valence-corrected chi connectivity index (χ3v) is 13.3. The van der Waals surface area contributed by atoms with E-state index in [9.17, 15) is 26.7 Å². The van der Waals surface area contributed by atoms with E-state index in [0.717, 1.165) is 58.3 Å². The van der Waals surface area contributed by atoms with Gasteiger partial charge in [-0.25, -0.2) is 21.6 Å². The Kier molecular flexibility index (Phi) is 33.4. The summed E-state index contributed by atoms with van der Waals surface area (Å²) >= 11 is 0. The van der Waals surface area contributed by atoms with Crippen molar-refractivity contribution in [3.8, 4) is 0 Å². The van der Waals surface area contributed by atoms with Gasteiger partial charge in [0.2, 0.25) is 20.0 Å². The first-order valence-corrected chi connectivity index (χ1v) is 25.0. The van der Waals surface area contributed by atoms with Gasteiger partial charge in [0, 0.05) is 0 Å². The lowest BCUT2D eigenvalue weighted by Gasteiger charge is -2.27. The summed E-state index contributed by atoms with van der Waals surface area (Å²) in [4.78, 5) is 12.0. The van der Waals surface area contributed by atoms with Crippen LogP contribution in [-0.2, 0) is 24.8 Å². The Balaban J connectivity index is 3.97. The molecule has 0 rings (SSSR count). The van der Waals surface area contributed by atoms with E-state index in [1.54, 1.807) is 0 Å². The minimum absolute atomic E-state index is 0.227. The summed E-state index contributed by atoms with van der Waals surface area (Å²) in [6.45, 7) is 5.57. The van der Waals surface area contributed by atoms with Crippen molar-refractivity contribution in [3.05, 3.63) is 0 Å². The maximum atomic E-state index is 12.7. The molecule has 0 aromatic rings. The fourth-order valence-corrected chi connectivity index (χ4v) is 9.82. The van der Waals surface area contributed by atoms with Crippen LogP contribution in [0.5, 0.6) is 0 Å². The molecule has 0 unspecified atom stereocenters. The number of carboxylic acid groups (broad SMARTS) is 1. The first-order valence-electron chi connectivity index (χ1n) is 21.7. The standard InChI is InChI=1S/C41H84N2O6S2/c1-4-6-8-10-12-14-16-18-20-22-24-26-28-30-32-34-36-38-50(46,47)42-41(3,40(44)45)43-51(48,49)39-37-35-33-31-29-27-25-23-21-19-17-15-13-11-9-7-5-2/h42-43H,4-39H2,1-3H3,(H,44,45). The van der Waals surface area contributed by atoms with Crippen molar-refractivity contribution in [1.82, 2.24) is 9.44 Å². The molecule has 0 aromatic carbocycles. The first kappa shape index (κ1) is 50.3. The molecule has 8 nitrogen and oxygen atoms in total. The molecular weight excluding hydrogens is 681 g/mol. The summed E-state index contributed by atoms with van der Waals surface area (Å²) in [5.74, 6) is -2.02. The van der Waals surface area contributed by atoms with Gasteiger partial charge in [0.15, 0.2) is 5.66 Å². The minimum atomic E-state index is -3.99. The van der Waals surface area contributed by atoms with E-state index in [1.165, 1.54) is 154 Å². The average Bonchev–Trinajstić information content (AvgIpc) is 3.07. The third-order valence-electron chi connectivity index (χ3n) is 10.2. The minimum Gasteiger partial charge on any atom is -0.479 e. The molecule has 3 N–H and O–H groups in total. The van der Waals surface area contributed by atoms with Crippen LogP contribution >= 0.6 is 0 Å². The number of hydrogen-bond donors (Lipinski definition) is 3. The molecule has 0 bridgehead atoms. The van der Waals surface area contributed by atoms with E-state index in [1.807, 2.05) is 0 Å². The Morgan fingerprint density at radius 1 is 0.392 bits per heavy atom. The van der Waals surface area contributed by atoms with E-state index in [-0.39, 0.29) is 11.5 Å². The van der Waals surface area contributed by atoms with Crippen molar-refractivity contribution in [2.24, 2.45) is 0 Å². The van der Waals surface area contributed by atoms with Gasteiger partial charge in [0.1, 0.15) is 0 Å². The maximum absolute atomic E-state index is 12.7. The van der Waals surface area contributed by atoms with Crippen LogP contribution in [0.15, 0.2) is 0 Å². The van der Waals surface area contributed by atoms with Crippen LogP contribution in [-0.4, -0.2) is 45.1 Å². The van der Waals surface area contributed by atoms with E-state index >= 15 is 0 Å². The monoisotopic (exact) mass is 765 g/mol. The Morgan fingerprint density at radius 3 is 0.745 bits per heavy atom. The van der Waals surface area contributed by atoms with Gasteiger partial charge >= 0.3 is 5.97 Å². The third kappa shape index (κ3) is 33.6. The van der Waals surface area contributed by atoms with Crippen molar-refractivity contribution in [2.75, 3.05) is 11.5 Å². The number of carboxylic acids is 1. The van der Waals surface area contributed by atoms with E-state index < -0.39 is 31.7 Å². The van der Waals surface area contributed by atoms with Crippen LogP contribution < -0.4 is 9.44 Å². The molecule has 0 aliphatic carbocycles. The zero-order valence-corrected chi connectivity index (χ0v) is 35.4. The fourth-order valence-electron chi connectivity index (χ4n) is 6.87. The van der Waals surface area contributed by atoms with Crippen LogP contribution in [0.3, 0.4) is 0 Å². The zero-order valence-electron chi connectivity index (χ0n) is 33.8. The summed E-state index contributed by atoms with van der Waals surface area (Å²) in [7, 11) is -7.98. The average molecular weight is 765 g/mol. The first-order chi connectivity index (χ1) is 24.5. The summed E-state index contributed by atoms with van der Waals surface area (Å²) < 4.78 is 55.1. The molecule has 0 spiro atoms. The lowest BCUT2D eigenvalue weighted by Crippen LogP contribution is -2.63. The van der Waals surface area contributed by atoms with Gasteiger partial charge in [-0.05, 0) is 19.8 Å². The Hall–Kier alpha value is -0.710. The van der Waals surface area contributed by atoms with Crippen molar-refractivity contribution < 1.29 is 26.7 Å². The highest BCUT2D eigenvalue weighted by Crippen LogP contribution is 2.17. The van der Waals surface area contributed by atoms with Crippen molar-refractivity contribution in [3.63, 3.8) is 0 Å². The summed E-state index contributed by atoms with van der Waals surface area (Å²) in [5.41, 5.74) is -2.32. The number of carbonyl (C=O) groups is 1. The number of sulfonamides is 2. The lowest BCUT2D eigenvalue weighted by atomic mass is 10.0. The van der Waals surface area contributed by atoms with Crippen LogP contribution in [0, 0.1) is 0 Å². The second kappa shape index (κ2) is 33.8. The highest BCUT2D eigenvalue weighted by atomic mass is 32.2. The highest BCUT2D eigenvalue weighted by molar-refractivity contribution is 7.90. The maximum Gasteiger partial charge on any atom is 0.340 e. The largest absolute Gasteiger partial charge is 0.479 e. The molecule has 0 aliphatic heterocycles. The molecule has 51 heavy (non-hydrogen) atoms. The van der Waals surface area contributed by atoms with Gasteiger partial charge in [-0.3, -0.25) is 0 Å². The number of aliphatic carboxylic acids is 1. The SMILES string of the molecule is CCCCCCCCCCCCCCCCCCCS(=O)(=O)NC(C)(NS(=O)(=O)CCCCCCCCCCCCCCCCCCC)C(=O)O. The Morgan fingerprint density at radius 2 is 0.569 bits per heavy atom. The van der Waals surface area contributed by atoms with Crippen molar-refractivity contribution >= 4 is 26.0 Å². The number of nitrogens with one attached hydrogen (secondary N) is 2. The number of hydrogen-bond acceptors (Lipinski definition) is 5. The van der Waals surface area contributed by atoms with Gasteiger partial charge in [-0.2, -0.15) is 9.44 Å². The van der Waals surface area contributed by atoms with Gasteiger partial charge in [-0.1, -0.05) is 219 Å². The molecule has 0 fully saturated rings. The molecule has 0 aromatic heterocycles. The smallest absolute Gasteiger partial charge is 0.340 e. The van der Waals surface area contributed by atoms with Gasteiger partial charge in [0.25, 0.3) is 0 Å². The molecule has 0 heterocycles. The Labute approximate surface area is 317 Å². The number of rotatable bonds is 41. The summed E-state index contributed by atoms with van der Waals surface area (Å²) in [5, 5.41) is 9.75. The van der Waals surface area contributed by atoms with E-state index in [2.05, 4.69) is 23.3 Å². The molecule has 0 saturated heterocycles. The highest BCUT2D eigenvalue weighted by Gasteiger charge is 2.40. The molecule has 0 amide bonds. The summed E-state index contributed by atoms with van der Waals surface area (Å²) in [6.07, 6.45) is 40.7. The predicted octanol–water partition coefficient (Wildman–Crippen LogP) is 11.9. The zero-order chi connectivity index (χ0) is 37.9. The fraction of sp³-hybridized carbons (Fsp3) is 0.976. The second-order valence-electron chi connectivity index (χ2n) is 15.6. The lowest BCUT2D eigenvalue weighted by molar-refractivity contribution is -0.143.